The molecule has 2 fully saturated rings. The van der Waals surface area contributed by atoms with Crippen LogP contribution in [-0.4, -0.2) is 41.3 Å². The second kappa shape index (κ2) is 10.1. The lowest BCUT2D eigenvalue weighted by molar-refractivity contribution is 0.0462. The summed E-state index contributed by atoms with van der Waals surface area (Å²) in [7, 11) is 0. The molecule has 5 nitrogen and oxygen atoms in total. The molecule has 5 rings (SSSR count). The molecule has 3 aliphatic carbocycles. The molecule has 34 heavy (non-hydrogen) atoms. The standard InChI is InChI=1S/C29H33NO4/c31-27-23-13-7-8-14-24(23)28(32)26-19-20(15-16-25(26)27)17-18-34-29(33)30(21-9-3-1-4-10-21)22-11-5-2-6-12-22/h7-8,13-16,19,21-22H,1-6,9-12,17-18H2. The normalized spacial score (nSPS) is 18.8. The third-order valence-corrected chi connectivity index (χ3v) is 7.75. The predicted octanol–water partition coefficient (Wildman–Crippen LogP) is 6.11. The molecule has 2 aromatic carbocycles. The number of hydrogen-bond acceptors (Lipinski definition) is 4. The first-order valence-electron chi connectivity index (χ1n) is 12.9. The SMILES string of the molecule is O=C1c2ccccc2C(=O)c2cc(CCOC(=O)N(C3CCCCC3)C3CCCCC3)ccc21. The third-order valence-electron chi connectivity index (χ3n) is 7.75. The first-order valence-corrected chi connectivity index (χ1v) is 12.9. The summed E-state index contributed by atoms with van der Waals surface area (Å²) in [4.78, 5) is 41.1. The van der Waals surface area contributed by atoms with Crippen molar-refractivity contribution in [3.63, 3.8) is 0 Å². The first-order chi connectivity index (χ1) is 16.6. The van der Waals surface area contributed by atoms with Gasteiger partial charge in [0.05, 0.1) is 6.61 Å². The van der Waals surface area contributed by atoms with Crippen LogP contribution in [-0.2, 0) is 11.2 Å². The number of ether oxygens (including phenoxy) is 1. The number of hydrogen-bond donors (Lipinski definition) is 0. The second-order valence-corrected chi connectivity index (χ2v) is 9.94. The van der Waals surface area contributed by atoms with E-state index in [1.165, 1.54) is 38.5 Å². The van der Waals surface area contributed by atoms with E-state index in [-0.39, 0.29) is 24.3 Å². The summed E-state index contributed by atoms with van der Waals surface area (Å²) >= 11 is 0. The van der Waals surface area contributed by atoms with Crippen molar-refractivity contribution in [3.8, 4) is 0 Å². The molecule has 5 heteroatoms. The molecule has 0 bridgehead atoms. The van der Waals surface area contributed by atoms with Crippen molar-refractivity contribution in [2.45, 2.75) is 82.7 Å². The maximum absolute atomic E-state index is 13.2. The minimum absolute atomic E-state index is 0.112. The molecule has 2 saturated carbocycles. The van der Waals surface area contributed by atoms with E-state index in [0.717, 1.165) is 31.2 Å². The van der Waals surface area contributed by atoms with Gasteiger partial charge in [0.25, 0.3) is 0 Å². The zero-order valence-corrected chi connectivity index (χ0v) is 19.8. The highest BCUT2D eigenvalue weighted by molar-refractivity contribution is 6.28. The average molecular weight is 460 g/mol. The van der Waals surface area contributed by atoms with Gasteiger partial charge in [0, 0.05) is 40.8 Å². The van der Waals surface area contributed by atoms with Crippen molar-refractivity contribution in [1.29, 1.82) is 0 Å². The molecular weight excluding hydrogens is 426 g/mol. The summed E-state index contributed by atoms with van der Waals surface area (Å²) in [6.07, 6.45) is 11.9. The number of amides is 1. The molecule has 0 spiro atoms. The van der Waals surface area contributed by atoms with Crippen molar-refractivity contribution in [3.05, 3.63) is 70.3 Å². The van der Waals surface area contributed by atoms with E-state index in [1.807, 2.05) is 6.07 Å². The van der Waals surface area contributed by atoms with E-state index >= 15 is 0 Å². The van der Waals surface area contributed by atoms with E-state index in [1.54, 1.807) is 36.4 Å². The van der Waals surface area contributed by atoms with Gasteiger partial charge >= 0.3 is 6.09 Å². The number of carbonyl (C=O) groups is 3. The second-order valence-electron chi connectivity index (χ2n) is 9.94. The Kier molecular flexibility index (Phi) is 6.80. The molecule has 0 unspecified atom stereocenters. The van der Waals surface area contributed by atoms with Gasteiger partial charge in [0.15, 0.2) is 11.6 Å². The summed E-state index contributed by atoms with van der Waals surface area (Å²) in [5, 5.41) is 0. The molecule has 0 heterocycles. The summed E-state index contributed by atoms with van der Waals surface area (Å²) in [6, 6.07) is 13.0. The summed E-state index contributed by atoms with van der Waals surface area (Å²) < 4.78 is 5.80. The number of carbonyl (C=O) groups excluding carboxylic acids is 3. The summed E-state index contributed by atoms with van der Waals surface area (Å²) in [6.45, 7) is 0.270. The van der Waals surface area contributed by atoms with E-state index in [9.17, 15) is 14.4 Å². The molecular formula is C29H33NO4. The Balaban J connectivity index is 1.25. The number of benzene rings is 2. The Bertz CT molecular complexity index is 1060. The topological polar surface area (TPSA) is 63.7 Å². The lowest BCUT2D eigenvalue weighted by Gasteiger charge is -2.40. The zero-order chi connectivity index (χ0) is 23.5. The van der Waals surface area contributed by atoms with Crippen molar-refractivity contribution in [2.24, 2.45) is 0 Å². The fourth-order valence-electron chi connectivity index (χ4n) is 5.95. The van der Waals surface area contributed by atoms with Crippen molar-refractivity contribution < 1.29 is 19.1 Å². The molecule has 2 aromatic rings. The van der Waals surface area contributed by atoms with Crippen LogP contribution in [0.2, 0.25) is 0 Å². The van der Waals surface area contributed by atoms with Crippen molar-refractivity contribution in [1.82, 2.24) is 4.90 Å². The van der Waals surface area contributed by atoms with Crippen LogP contribution in [0.5, 0.6) is 0 Å². The molecule has 0 N–H and O–H groups in total. The van der Waals surface area contributed by atoms with Crippen LogP contribution >= 0.6 is 0 Å². The lowest BCUT2D eigenvalue weighted by atomic mass is 9.83. The van der Waals surface area contributed by atoms with Gasteiger partial charge in [-0.3, -0.25) is 9.59 Å². The third kappa shape index (κ3) is 4.53. The molecule has 0 radical (unpaired) electrons. The van der Waals surface area contributed by atoms with Crippen LogP contribution in [0.3, 0.4) is 0 Å². The van der Waals surface area contributed by atoms with E-state index in [0.29, 0.717) is 40.8 Å². The maximum Gasteiger partial charge on any atom is 0.410 e. The Morgan fingerprint density at radius 1 is 0.735 bits per heavy atom. The van der Waals surface area contributed by atoms with Crippen LogP contribution in [0.4, 0.5) is 4.79 Å². The largest absolute Gasteiger partial charge is 0.449 e. The van der Waals surface area contributed by atoms with Gasteiger partial charge < -0.3 is 9.64 Å². The van der Waals surface area contributed by atoms with Crippen LogP contribution in [0.15, 0.2) is 42.5 Å². The fourth-order valence-corrected chi connectivity index (χ4v) is 5.95. The Labute approximate surface area is 201 Å². The quantitative estimate of drug-likeness (QED) is 0.462. The van der Waals surface area contributed by atoms with Crippen LogP contribution in [0, 0.1) is 0 Å². The van der Waals surface area contributed by atoms with E-state index in [4.69, 9.17) is 4.74 Å². The first kappa shape index (κ1) is 22.8. The molecule has 0 atom stereocenters. The van der Waals surface area contributed by atoms with Gasteiger partial charge in [-0.1, -0.05) is 74.9 Å². The van der Waals surface area contributed by atoms with Gasteiger partial charge in [-0.2, -0.15) is 0 Å². The number of nitrogens with zero attached hydrogens (tertiary/aromatic N) is 1. The van der Waals surface area contributed by atoms with Crippen LogP contribution in [0.1, 0.15) is 102 Å². The van der Waals surface area contributed by atoms with Gasteiger partial charge in [0.1, 0.15) is 0 Å². The van der Waals surface area contributed by atoms with Gasteiger partial charge in [0.2, 0.25) is 0 Å². The fraction of sp³-hybridized carbons (Fsp3) is 0.483. The highest BCUT2D eigenvalue weighted by Gasteiger charge is 2.33. The van der Waals surface area contributed by atoms with Gasteiger partial charge in [-0.25, -0.2) is 4.79 Å². The minimum Gasteiger partial charge on any atom is -0.449 e. The minimum atomic E-state index is -0.183. The summed E-state index contributed by atoms with van der Waals surface area (Å²) in [5.41, 5.74) is 2.71. The lowest BCUT2D eigenvalue weighted by Crippen LogP contribution is -2.49. The summed E-state index contributed by atoms with van der Waals surface area (Å²) in [5.74, 6) is -0.233. The molecule has 3 aliphatic rings. The smallest absolute Gasteiger partial charge is 0.410 e. The van der Waals surface area contributed by atoms with Gasteiger partial charge in [-0.15, -0.1) is 0 Å². The zero-order valence-electron chi connectivity index (χ0n) is 19.8. The van der Waals surface area contributed by atoms with Crippen molar-refractivity contribution >= 4 is 17.7 Å². The van der Waals surface area contributed by atoms with Crippen molar-refractivity contribution in [2.75, 3.05) is 6.61 Å². The molecule has 0 aromatic heterocycles. The van der Waals surface area contributed by atoms with E-state index in [2.05, 4.69) is 4.90 Å². The maximum atomic E-state index is 13.2. The van der Waals surface area contributed by atoms with Crippen LogP contribution in [0.25, 0.3) is 0 Å². The molecule has 0 aliphatic heterocycles. The average Bonchev–Trinajstić information content (AvgIpc) is 2.89. The monoisotopic (exact) mass is 459 g/mol. The Morgan fingerprint density at radius 2 is 1.26 bits per heavy atom. The van der Waals surface area contributed by atoms with E-state index < -0.39 is 0 Å². The molecule has 0 saturated heterocycles. The predicted molar refractivity (Wildman–Crippen MR) is 130 cm³/mol. The number of ketones is 2. The van der Waals surface area contributed by atoms with Gasteiger partial charge in [-0.05, 0) is 37.3 Å². The number of rotatable bonds is 5. The highest BCUT2D eigenvalue weighted by Crippen LogP contribution is 2.31. The Hall–Kier alpha value is -2.95. The molecule has 1 amide bonds. The Morgan fingerprint density at radius 3 is 1.85 bits per heavy atom. The highest BCUT2D eigenvalue weighted by atomic mass is 16.6. The van der Waals surface area contributed by atoms with Crippen LogP contribution < -0.4 is 0 Å². The molecule has 178 valence electrons. The number of fused-ring (bicyclic) bond motifs is 2.